The third-order valence-corrected chi connectivity index (χ3v) is 4.56. The van der Waals surface area contributed by atoms with Crippen molar-refractivity contribution < 1.29 is 17.7 Å². The van der Waals surface area contributed by atoms with Crippen LogP contribution in [-0.4, -0.2) is 49.1 Å². The van der Waals surface area contributed by atoms with E-state index in [2.05, 4.69) is 20.5 Å². The molecule has 3 aromatic rings. The number of hydrogen-bond donors (Lipinski definition) is 1. The first-order valence-corrected chi connectivity index (χ1v) is 10.1. The van der Waals surface area contributed by atoms with Crippen molar-refractivity contribution in [3.8, 4) is 5.75 Å². The van der Waals surface area contributed by atoms with E-state index in [4.69, 9.17) is 4.74 Å². The minimum absolute atomic E-state index is 0. The number of ether oxygens (including phenoxy) is 1. The fraction of sp³-hybridized carbons (Fsp3) is 0.100. The number of rotatable bonds is 7. The molecule has 0 unspecified atom stereocenters. The van der Waals surface area contributed by atoms with Gasteiger partial charge < -0.3 is 4.74 Å². The molecule has 30 heavy (non-hydrogen) atoms. The molecule has 0 aliphatic carbocycles. The Bertz CT molecular complexity index is 1140. The summed E-state index contributed by atoms with van der Waals surface area (Å²) >= 11 is 0. The van der Waals surface area contributed by atoms with Gasteiger partial charge >= 0.3 is 0 Å². The van der Waals surface area contributed by atoms with E-state index in [9.17, 15) is 13.0 Å². The van der Waals surface area contributed by atoms with Crippen LogP contribution in [0.3, 0.4) is 0 Å². The number of nitrogens with zero attached hydrogens (tertiary/aromatic N) is 4. The second-order valence-electron chi connectivity index (χ2n) is 5.79. The number of benzene rings is 3. The molecular weight excluding hydrogens is 415 g/mol. The number of hydrogen-bond acceptors (Lipinski definition) is 7. The molecule has 0 aliphatic heterocycles. The maximum atomic E-state index is 11.6. The topological polar surface area (TPSA) is 113 Å². The summed E-state index contributed by atoms with van der Waals surface area (Å²) in [7, 11) is -4.48. The van der Waals surface area contributed by atoms with Gasteiger partial charge in [0, 0.05) is 35.6 Å². The van der Waals surface area contributed by atoms with Gasteiger partial charge in [-0.2, -0.15) is 23.8 Å². The molecule has 149 valence electrons. The minimum Gasteiger partial charge on any atom is -0.494 e. The summed E-state index contributed by atoms with van der Waals surface area (Å²) in [5.74, 6) is 0.312. The van der Waals surface area contributed by atoms with Gasteiger partial charge in [0.25, 0.3) is 10.1 Å². The molecule has 0 aromatic heterocycles. The van der Waals surface area contributed by atoms with Crippen molar-refractivity contribution in [3.63, 3.8) is 0 Å². The minimum atomic E-state index is -4.48. The van der Waals surface area contributed by atoms with E-state index in [0.29, 0.717) is 23.7 Å². The molecule has 0 atom stereocenters. The first-order chi connectivity index (χ1) is 14.0. The molecule has 3 aromatic carbocycles. The number of azo groups is 2. The quantitative estimate of drug-likeness (QED) is 0.289. The Morgan fingerprint density at radius 2 is 1.33 bits per heavy atom. The molecule has 8 nitrogen and oxygen atoms in total. The Morgan fingerprint density at radius 3 is 1.87 bits per heavy atom. The van der Waals surface area contributed by atoms with Crippen molar-refractivity contribution in [2.75, 3.05) is 6.61 Å². The average molecular weight is 433 g/mol. The Morgan fingerprint density at radius 1 is 0.800 bits per heavy atom. The summed E-state index contributed by atoms with van der Waals surface area (Å²) in [5, 5.41) is 16.2. The predicted molar refractivity (Wildman–Crippen MR) is 114 cm³/mol. The zero-order valence-electron chi connectivity index (χ0n) is 16.5. The summed E-state index contributed by atoms with van der Waals surface area (Å²) in [6.45, 7) is 2.13. The maximum Gasteiger partial charge on any atom is 0.296 e. The Labute approximate surface area is 196 Å². The maximum absolute atomic E-state index is 11.6. The SMILES string of the molecule is CCOc1ccc(N=Nc2ccc(N=Nc3ccccc3)cc2)c(S(=O)(=O)O)c1.[Na]. The Balaban J connectivity index is 0.00000320. The second-order valence-corrected chi connectivity index (χ2v) is 7.18. The van der Waals surface area contributed by atoms with Crippen LogP contribution >= 0.6 is 0 Å². The molecule has 0 saturated heterocycles. The predicted octanol–water partition coefficient (Wildman–Crippen LogP) is 5.78. The van der Waals surface area contributed by atoms with E-state index in [1.54, 1.807) is 37.3 Å². The molecule has 0 aliphatic rings. The van der Waals surface area contributed by atoms with Gasteiger partial charge in [-0.15, -0.1) is 5.11 Å². The molecular formula is C20H18N4NaO4S. The molecule has 0 fully saturated rings. The van der Waals surface area contributed by atoms with Crippen molar-refractivity contribution in [1.29, 1.82) is 0 Å². The van der Waals surface area contributed by atoms with E-state index in [1.807, 2.05) is 30.3 Å². The van der Waals surface area contributed by atoms with E-state index in [0.717, 1.165) is 5.69 Å². The zero-order chi connectivity index (χ0) is 20.7. The third kappa shape index (κ3) is 6.82. The fourth-order valence-corrected chi connectivity index (χ4v) is 2.99. The first-order valence-electron chi connectivity index (χ1n) is 8.68. The van der Waals surface area contributed by atoms with Crippen LogP contribution in [0.1, 0.15) is 6.92 Å². The van der Waals surface area contributed by atoms with Gasteiger partial charge in [0.15, 0.2) is 0 Å². The van der Waals surface area contributed by atoms with E-state index in [1.165, 1.54) is 12.1 Å². The Kier molecular flexibility index (Phi) is 8.82. The van der Waals surface area contributed by atoms with E-state index < -0.39 is 10.1 Å². The van der Waals surface area contributed by atoms with Crippen LogP contribution in [0.4, 0.5) is 22.7 Å². The second kappa shape index (κ2) is 11.1. The van der Waals surface area contributed by atoms with Crippen LogP contribution < -0.4 is 4.74 Å². The molecule has 0 bridgehead atoms. The monoisotopic (exact) mass is 433 g/mol. The molecule has 1 radical (unpaired) electrons. The van der Waals surface area contributed by atoms with Gasteiger partial charge in [-0.25, -0.2) is 0 Å². The summed E-state index contributed by atoms with van der Waals surface area (Å²) in [5.41, 5.74) is 1.86. The largest absolute Gasteiger partial charge is 0.494 e. The summed E-state index contributed by atoms with van der Waals surface area (Å²) in [6.07, 6.45) is 0. The van der Waals surface area contributed by atoms with Crippen molar-refractivity contribution in [2.45, 2.75) is 11.8 Å². The van der Waals surface area contributed by atoms with Crippen LogP contribution in [0.15, 0.2) is 98.1 Å². The van der Waals surface area contributed by atoms with Gasteiger partial charge in [-0.05, 0) is 55.5 Å². The first kappa shape index (κ1) is 23.8. The fourth-order valence-electron chi connectivity index (χ4n) is 2.35. The molecule has 0 spiro atoms. The zero-order valence-corrected chi connectivity index (χ0v) is 19.3. The molecule has 0 saturated carbocycles. The van der Waals surface area contributed by atoms with E-state index in [-0.39, 0.29) is 40.1 Å². The van der Waals surface area contributed by atoms with Gasteiger partial charge in [0.05, 0.1) is 23.7 Å². The van der Waals surface area contributed by atoms with Gasteiger partial charge in [-0.3, -0.25) is 4.55 Å². The third-order valence-electron chi connectivity index (χ3n) is 3.68. The average Bonchev–Trinajstić information content (AvgIpc) is 2.72. The van der Waals surface area contributed by atoms with Crippen molar-refractivity contribution in [3.05, 3.63) is 72.8 Å². The smallest absolute Gasteiger partial charge is 0.296 e. The Hall–Kier alpha value is -2.43. The van der Waals surface area contributed by atoms with Crippen molar-refractivity contribution in [1.82, 2.24) is 0 Å². The molecule has 0 amide bonds. The van der Waals surface area contributed by atoms with Gasteiger partial charge in [0.2, 0.25) is 0 Å². The van der Waals surface area contributed by atoms with Crippen LogP contribution in [0, 0.1) is 0 Å². The van der Waals surface area contributed by atoms with Crippen LogP contribution in [-0.2, 0) is 10.1 Å². The molecule has 1 N–H and O–H groups in total. The molecule has 3 rings (SSSR count). The molecule has 10 heteroatoms. The molecule has 0 heterocycles. The van der Waals surface area contributed by atoms with Gasteiger partial charge in [0.1, 0.15) is 16.3 Å². The van der Waals surface area contributed by atoms with Crippen molar-refractivity contribution >= 4 is 62.4 Å². The summed E-state index contributed by atoms with van der Waals surface area (Å²) in [6, 6.07) is 20.3. The van der Waals surface area contributed by atoms with Crippen molar-refractivity contribution in [2.24, 2.45) is 20.5 Å². The van der Waals surface area contributed by atoms with Crippen LogP contribution in [0.5, 0.6) is 5.75 Å². The summed E-state index contributed by atoms with van der Waals surface area (Å²) in [4.78, 5) is -0.375. The van der Waals surface area contributed by atoms with Gasteiger partial charge in [-0.1, -0.05) is 18.2 Å². The van der Waals surface area contributed by atoms with Crippen LogP contribution in [0.25, 0.3) is 0 Å². The van der Waals surface area contributed by atoms with Crippen LogP contribution in [0.2, 0.25) is 0 Å². The normalized spacial score (nSPS) is 11.5. The van der Waals surface area contributed by atoms with E-state index >= 15 is 0 Å². The standard InChI is InChI=1S/C20H18N4O4S.Na/c1-2-28-18-12-13-19(20(14-18)29(25,26)27)24-23-17-10-8-16(9-11-17)22-21-15-6-4-3-5-7-15;/h3-14H,2H2,1H3,(H,25,26,27);. The summed E-state index contributed by atoms with van der Waals surface area (Å²) < 4.78 is 38.0.